The van der Waals surface area contributed by atoms with Gasteiger partial charge in [0.15, 0.2) is 6.10 Å². The van der Waals surface area contributed by atoms with E-state index in [0.717, 1.165) is 83.5 Å². The van der Waals surface area contributed by atoms with Gasteiger partial charge in [-0.05, 0) is 83.5 Å². The van der Waals surface area contributed by atoms with Crippen LogP contribution in [0.25, 0.3) is 0 Å². The summed E-state index contributed by atoms with van der Waals surface area (Å²) in [6.45, 7) is 6.58. The van der Waals surface area contributed by atoms with Gasteiger partial charge in [0.1, 0.15) is 13.2 Å². The molecular formula is C72H130O6. The van der Waals surface area contributed by atoms with Crippen LogP contribution in [0, 0.1) is 0 Å². The van der Waals surface area contributed by atoms with E-state index in [1.165, 1.54) is 238 Å². The van der Waals surface area contributed by atoms with E-state index in [9.17, 15) is 14.4 Å². The molecule has 0 N–H and O–H groups in total. The van der Waals surface area contributed by atoms with Crippen molar-refractivity contribution < 1.29 is 28.6 Å². The minimum atomic E-state index is -0.776. The van der Waals surface area contributed by atoms with E-state index in [-0.39, 0.29) is 31.1 Å². The fraction of sp³-hybridized carbons (Fsp3) is 0.819. The average Bonchev–Trinajstić information content (AvgIpc) is 3.44. The molecule has 0 rings (SSSR count). The van der Waals surface area contributed by atoms with Gasteiger partial charge in [0.25, 0.3) is 0 Å². The van der Waals surface area contributed by atoms with E-state index in [1.807, 2.05) is 0 Å². The van der Waals surface area contributed by atoms with Crippen molar-refractivity contribution in [1.82, 2.24) is 0 Å². The minimum Gasteiger partial charge on any atom is -0.462 e. The molecular weight excluding hydrogens is 961 g/mol. The lowest BCUT2D eigenvalue weighted by Gasteiger charge is -2.18. The summed E-state index contributed by atoms with van der Waals surface area (Å²) in [4.78, 5) is 38.4. The molecule has 6 nitrogen and oxygen atoms in total. The normalized spacial score (nSPS) is 12.4. The third kappa shape index (κ3) is 63.9. The number of hydrogen-bond donors (Lipinski definition) is 0. The Bertz CT molecular complexity index is 1390. The van der Waals surface area contributed by atoms with Crippen molar-refractivity contribution in [3.05, 3.63) is 60.8 Å². The molecule has 1 unspecified atom stereocenters. The van der Waals surface area contributed by atoms with Crippen LogP contribution < -0.4 is 0 Å². The number of allylic oxidation sites excluding steroid dienone is 10. The summed E-state index contributed by atoms with van der Waals surface area (Å²) in [5.74, 6) is -0.853. The second-order valence-corrected chi connectivity index (χ2v) is 23.1. The Hall–Kier alpha value is -2.89. The fourth-order valence-electron chi connectivity index (χ4n) is 10.1. The number of carbonyl (C=O) groups excluding carboxylic acids is 3. The van der Waals surface area contributed by atoms with Gasteiger partial charge in [-0.2, -0.15) is 0 Å². The zero-order valence-electron chi connectivity index (χ0n) is 52.2. The van der Waals surface area contributed by atoms with Crippen molar-refractivity contribution in [3.63, 3.8) is 0 Å². The van der Waals surface area contributed by atoms with Gasteiger partial charge in [-0.1, -0.05) is 319 Å². The number of ether oxygens (including phenoxy) is 3. The molecule has 0 spiro atoms. The highest BCUT2D eigenvalue weighted by molar-refractivity contribution is 5.71. The zero-order chi connectivity index (χ0) is 56.4. The molecule has 0 aliphatic carbocycles. The summed E-state index contributed by atoms with van der Waals surface area (Å²) in [5, 5.41) is 0. The third-order valence-electron chi connectivity index (χ3n) is 15.3. The number of hydrogen-bond acceptors (Lipinski definition) is 6. The Morgan fingerprint density at radius 2 is 0.500 bits per heavy atom. The van der Waals surface area contributed by atoms with E-state index in [0.29, 0.717) is 19.3 Å². The molecule has 0 heterocycles. The van der Waals surface area contributed by atoms with Crippen LogP contribution in [-0.4, -0.2) is 37.2 Å². The Kier molecular flexibility index (Phi) is 64.2. The SMILES string of the molecule is CC/C=C\C/C=C\C/C=C\C/C=C\CCCCCCCCCCCCCCC(=O)OCC(COC(=O)CCCCCCCCC/C=C\CCCCCCCC)OC(=O)CCCCCCCCCCCCCCCCCCCC. The topological polar surface area (TPSA) is 78.9 Å². The molecule has 0 radical (unpaired) electrons. The minimum absolute atomic E-state index is 0.0722. The number of rotatable bonds is 63. The van der Waals surface area contributed by atoms with Crippen molar-refractivity contribution in [2.45, 2.75) is 367 Å². The molecule has 6 heteroatoms. The highest BCUT2D eigenvalue weighted by atomic mass is 16.6. The van der Waals surface area contributed by atoms with Gasteiger partial charge in [0, 0.05) is 19.3 Å². The first kappa shape index (κ1) is 75.1. The Morgan fingerprint density at radius 1 is 0.269 bits per heavy atom. The lowest BCUT2D eigenvalue weighted by atomic mass is 10.0. The van der Waals surface area contributed by atoms with Crippen LogP contribution in [0.1, 0.15) is 361 Å². The van der Waals surface area contributed by atoms with Gasteiger partial charge in [-0.25, -0.2) is 0 Å². The molecule has 0 aromatic rings. The number of esters is 3. The predicted molar refractivity (Wildman–Crippen MR) is 339 cm³/mol. The first-order valence-electron chi connectivity index (χ1n) is 34.3. The second kappa shape index (κ2) is 66.6. The smallest absolute Gasteiger partial charge is 0.306 e. The maximum Gasteiger partial charge on any atom is 0.306 e. The highest BCUT2D eigenvalue weighted by Crippen LogP contribution is 2.18. The molecule has 454 valence electrons. The molecule has 0 aromatic heterocycles. The molecule has 0 bridgehead atoms. The van der Waals surface area contributed by atoms with E-state index in [4.69, 9.17) is 14.2 Å². The summed E-state index contributed by atoms with van der Waals surface area (Å²) in [5.41, 5.74) is 0. The molecule has 0 amide bonds. The fourth-order valence-corrected chi connectivity index (χ4v) is 10.1. The van der Waals surface area contributed by atoms with Crippen molar-refractivity contribution >= 4 is 17.9 Å². The molecule has 0 aromatic carbocycles. The van der Waals surface area contributed by atoms with Gasteiger partial charge < -0.3 is 14.2 Å². The molecule has 0 fully saturated rings. The predicted octanol–water partition coefficient (Wildman–Crippen LogP) is 23.5. The number of carbonyl (C=O) groups is 3. The summed E-state index contributed by atoms with van der Waals surface area (Å²) >= 11 is 0. The van der Waals surface area contributed by atoms with Crippen molar-refractivity contribution in [2.75, 3.05) is 13.2 Å². The van der Waals surface area contributed by atoms with E-state index in [1.54, 1.807) is 0 Å². The molecule has 0 aliphatic rings. The summed E-state index contributed by atoms with van der Waals surface area (Å²) in [7, 11) is 0. The van der Waals surface area contributed by atoms with Gasteiger partial charge in [-0.3, -0.25) is 14.4 Å². The van der Waals surface area contributed by atoms with Crippen LogP contribution in [0.3, 0.4) is 0 Å². The van der Waals surface area contributed by atoms with Crippen LogP contribution in [0.4, 0.5) is 0 Å². The van der Waals surface area contributed by atoms with Crippen molar-refractivity contribution in [3.8, 4) is 0 Å². The van der Waals surface area contributed by atoms with Gasteiger partial charge >= 0.3 is 17.9 Å². The van der Waals surface area contributed by atoms with Crippen LogP contribution in [0.15, 0.2) is 60.8 Å². The average molecular weight is 1090 g/mol. The first-order valence-corrected chi connectivity index (χ1v) is 34.3. The lowest BCUT2D eigenvalue weighted by molar-refractivity contribution is -0.167. The molecule has 0 aliphatic heterocycles. The maximum atomic E-state index is 12.9. The monoisotopic (exact) mass is 1090 g/mol. The Morgan fingerprint density at radius 3 is 0.795 bits per heavy atom. The zero-order valence-corrected chi connectivity index (χ0v) is 52.2. The summed E-state index contributed by atoms with van der Waals surface area (Å²) in [6.07, 6.45) is 85.2. The first-order chi connectivity index (χ1) is 38.5. The number of unbranched alkanes of at least 4 members (excludes halogenated alkanes) is 42. The van der Waals surface area contributed by atoms with E-state index < -0.39 is 6.10 Å². The largest absolute Gasteiger partial charge is 0.462 e. The van der Waals surface area contributed by atoms with Crippen molar-refractivity contribution in [1.29, 1.82) is 0 Å². The maximum absolute atomic E-state index is 12.9. The molecule has 0 saturated carbocycles. The van der Waals surface area contributed by atoms with E-state index in [2.05, 4.69) is 81.5 Å². The molecule has 0 saturated heterocycles. The molecule has 1 atom stereocenters. The van der Waals surface area contributed by atoms with Gasteiger partial charge in [-0.15, -0.1) is 0 Å². The van der Waals surface area contributed by atoms with Crippen LogP contribution >= 0.6 is 0 Å². The van der Waals surface area contributed by atoms with Crippen molar-refractivity contribution in [2.24, 2.45) is 0 Å². The summed E-state index contributed by atoms with van der Waals surface area (Å²) in [6, 6.07) is 0. The highest BCUT2D eigenvalue weighted by Gasteiger charge is 2.19. The Balaban J connectivity index is 4.31. The van der Waals surface area contributed by atoms with Gasteiger partial charge in [0.2, 0.25) is 0 Å². The summed E-state index contributed by atoms with van der Waals surface area (Å²) < 4.78 is 17.0. The third-order valence-corrected chi connectivity index (χ3v) is 15.3. The quantitative estimate of drug-likeness (QED) is 0.0261. The van der Waals surface area contributed by atoms with Gasteiger partial charge in [0.05, 0.1) is 0 Å². The Labute approximate surface area is 485 Å². The molecule has 78 heavy (non-hydrogen) atoms. The van der Waals surface area contributed by atoms with E-state index >= 15 is 0 Å². The van der Waals surface area contributed by atoms with Crippen LogP contribution in [0.2, 0.25) is 0 Å². The standard InChI is InChI=1S/C72H130O6/c1-4-7-10-13-16-19-22-25-28-31-33-34-35-36-37-38-39-42-44-47-50-53-56-59-62-65-71(74)77-68-69(67-76-70(73)64-61-58-55-52-49-46-43-40-30-27-24-21-18-15-12-9-6-3)78-72(75)66-63-60-57-54-51-48-45-41-32-29-26-23-20-17-14-11-8-5-2/h7,10,16,19,25,27-28,30,33-34,69H,4-6,8-9,11-15,17-18,20-24,26,29,31-32,35-68H2,1-3H3/b10-7-,19-16-,28-25-,30-27-,34-33-. The lowest BCUT2D eigenvalue weighted by Crippen LogP contribution is -2.30. The second-order valence-electron chi connectivity index (χ2n) is 23.1. The van der Waals surface area contributed by atoms with Crippen LogP contribution in [-0.2, 0) is 28.6 Å². The van der Waals surface area contributed by atoms with Crippen LogP contribution in [0.5, 0.6) is 0 Å².